The Morgan fingerprint density at radius 3 is 1.56 bits per heavy atom. The number of hydrogen-bond acceptors (Lipinski definition) is 16. The number of amides is 7. The summed E-state index contributed by atoms with van der Waals surface area (Å²) in [5.41, 5.74) is 12.8. The number of carbonyl (C=O) groups is 13. The van der Waals surface area contributed by atoms with Crippen LogP contribution >= 0.6 is 11.8 Å². The normalized spacial score (nSPS) is 13.9. The molecule has 23 heteroatoms. The van der Waals surface area contributed by atoms with E-state index < -0.39 is 143 Å². The maximum atomic E-state index is 14.7. The summed E-state index contributed by atoms with van der Waals surface area (Å²) in [5, 5.41) is 17.3. The van der Waals surface area contributed by atoms with Crippen LogP contribution in [-0.2, 0) is 80.9 Å². The van der Waals surface area contributed by atoms with Gasteiger partial charge in [0.1, 0.15) is 23.9 Å². The van der Waals surface area contributed by atoms with E-state index in [-0.39, 0.29) is 88.2 Å². The Labute approximate surface area is 520 Å². The number of likely N-dealkylation sites (N-methyl/N-ethyl adjacent to an activating group) is 3. The van der Waals surface area contributed by atoms with Gasteiger partial charge in [0.15, 0.2) is 28.2 Å². The van der Waals surface area contributed by atoms with E-state index in [9.17, 15) is 67.4 Å². The predicted octanol–water partition coefficient (Wildman–Crippen LogP) is 3.63. The molecule has 8 atom stereocenters. The molecule has 0 saturated heterocycles. The van der Waals surface area contributed by atoms with Gasteiger partial charge in [-0.05, 0) is 54.7 Å². The van der Waals surface area contributed by atoms with Crippen molar-refractivity contribution in [2.75, 3.05) is 34.3 Å². The molecular formula is C65H90N8O14S. The highest BCUT2D eigenvalue weighted by Crippen LogP contribution is 2.23. The average molecular weight is 1240 g/mol. The topological polar surface area (TPSA) is 340 Å². The minimum Gasteiger partial charge on any atom is -0.394 e. The van der Waals surface area contributed by atoms with E-state index in [0.717, 1.165) is 27.8 Å². The number of nitrogens with zero attached hydrogens (tertiary/aromatic N) is 3. The molecule has 7 amide bonds. The maximum absolute atomic E-state index is 14.7. The van der Waals surface area contributed by atoms with Crippen molar-refractivity contribution < 1.29 is 67.4 Å². The van der Waals surface area contributed by atoms with E-state index in [0.29, 0.717) is 5.56 Å². The number of hydrogen-bond donors (Lipinski definition) is 6. The van der Waals surface area contributed by atoms with Crippen LogP contribution in [-0.4, -0.2) is 166 Å². The molecule has 0 spiro atoms. The number of aliphatic hydroxyl groups is 1. The van der Waals surface area contributed by atoms with Crippen molar-refractivity contribution in [3.05, 3.63) is 108 Å². The van der Waals surface area contributed by atoms with Crippen molar-refractivity contribution in [1.82, 2.24) is 30.7 Å². The van der Waals surface area contributed by atoms with Crippen LogP contribution in [0, 0.1) is 23.7 Å². The minimum absolute atomic E-state index is 0.0257. The third-order valence-electron chi connectivity index (χ3n) is 15.3. The lowest BCUT2D eigenvalue weighted by Crippen LogP contribution is -2.56. The highest BCUT2D eigenvalue weighted by molar-refractivity contribution is 8.12. The molecule has 0 aliphatic heterocycles. The number of nitrogens with two attached hydrogens (primary N) is 2. The van der Waals surface area contributed by atoms with Gasteiger partial charge < -0.3 is 47.2 Å². The molecule has 0 aromatic heterocycles. The first-order chi connectivity index (χ1) is 41.6. The molecular weight excluding hydrogens is 1150 g/mol. The Bertz CT molecular complexity index is 2870. The summed E-state index contributed by atoms with van der Waals surface area (Å²) in [4.78, 5) is 180. The number of ketones is 5. The van der Waals surface area contributed by atoms with Crippen LogP contribution in [0.5, 0.6) is 0 Å². The van der Waals surface area contributed by atoms with Crippen molar-refractivity contribution in [1.29, 1.82) is 0 Å². The third kappa shape index (κ3) is 25.1. The van der Waals surface area contributed by atoms with Crippen LogP contribution in [0.4, 0.5) is 0 Å². The number of aliphatic hydroxyl groups excluding tert-OH is 1. The number of benzene rings is 3. The van der Waals surface area contributed by atoms with Crippen LogP contribution in [0.3, 0.4) is 0 Å². The molecule has 0 unspecified atom stereocenters. The number of rotatable bonds is 40. The molecule has 0 saturated carbocycles. The Hall–Kier alpha value is -7.76. The van der Waals surface area contributed by atoms with Gasteiger partial charge in [-0.15, -0.1) is 0 Å². The van der Waals surface area contributed by atoms with Crippen LogP contribution in [0.15, 0.2) is 91.0 Å². The molecule has 0 heterocycles. The van der Waals surface area contributed by atoms with E-state index in [1.807, 2.05) is 50.2 Å². The monoisotopic (exact) mass is 1240 g/mol. The van der Waals surface area contributed by atoms with E-state index in [2.05, 4.69) is 16.0 Å². The first-order valence-corrected chi connectivity index (χ1v) is 30.7. The number of thioether (sulfide) groups is 1. The van der Waals surface area contributed by atoms with E-state index in [1.165, 1.54) is 44.8 Å². The quantitative estimate of drug-likeness (QED) is 0.0473. The summed E-state index contributed by atoms with van der Waals surface area (Å²) in [6.45, 7) is 8.94. The maximum Gasteiger partial charge on any atom is 0.246 e. The Kier molecular flexibility index (Phi) is 32.0. The fourth-order valence-corrected chi connectivity index (χ4v) is 10.5. The molecule has 3 rings (SSSR count). The van der Waals surface area contributed by atoms with Gasteiger partial charge in [-0.2, -0.15) is 0 Å². The first-order valence-electron chi connectivity index (χ1n) is 29.8. The largest absolute Gasteiger partial charge is 0.394 e. The zero-order valence-electron chi connectivity index (χ0n) is 52.2. The molecule has 0 fully saturated rings. The second-order valence-electron chi connectivity index (χ2n) is 23.1. The Morgan fingerprint density at radius 2 is 1.03 bits per heavy atom. The Morgan fingerprint density at radius 1 is 0.523 bits per heavy atom. The molecule has 0 aliphatic carbocycles. The van der Waals surface area contributed by atoms with E-state index >= 15 is 0 Å². The molecule has 3 aromatic rings. The lowest BCUT2D eigenvalue weighted by molar-refractivity contribution is -0.143. The van der Waals surface area contributed by atoms with Gasteiger partial charge in [-0.1, -0.05) is 137 Å². The highest BCUT2D eigenvalue weighted by atomic mass is 32.2. The van der Waals surface area contributed by atoms with Crippen molar-refractivity contribution >= 4 is 87.1 Å². The minimum atomic E-state index is -1.58. The third-order valence-corrected chi connectivity index (χ3v) is 16.3. The summed E-state index contributed by atoms with van der Waals surface area (Å²) >= 11 is 0.902. The molecule has 8 N–H and O–H groups in total. The first kappa shape index (κ1) is 74.5. The highest BCUT2D eigenvalue weighted by Gasteiger charge is 2.38. The summed E-state index contributed by atoms with van der Waals surface area (Å²) in [5.74, 6) is -9.86. The lowest BCUT2D eigenvalue weighted by Gasteiger charge is -2.31. The van der Waals surface area contributed by atoms with Crippen LogP contribution in [0.25, 0.3) is 0 Å². The van der Waals surface area contributed by atoms with Crippen LogP contribution in [0.1, 0.15) is 122 Å². The van der Waals surface area contributed by atoms with Crippen molar-refractivity contribution in [3.63, 3.8) is 0 Å². The summed E-state index contributed by atoms with van der Waals surface area (Å²) in [7, 11) is 4.19. The number of primary amides is 1. The van der Waals surface area contributed by atoms with Gasteiger partial charge in [0, 0.05) is 96.5 Å². The molecule has 88 heavy (non-hydrogen) atoms. The van der Waals surface area contributed by atoms with Gasteiger partial charge in [-0.25, -0.2) is 0 Å². The van der Waals surface area contributed by atoms with E-state index in [4.69, 9.17) is 11.5 Å². The number of carbonyl (C=O) groups excluding carboxylic acids is 13. The zero-order chi connectivity index (χ0) is 65.8. The predicted molar refractivity (Wildman–Crippen MR) is 333 cm³/mol. The van der Waals surface area contributed by atoms with Gasteiger partial charge in [-0.3, -0.25) is 62.3 Å². The molecule has 0 radical (unpaired) electrons. The standard InChI is InChI=1S/C65H90N8O14S/c1-40(2)31-51(72(8)59(82)30-27-54(77)52(34-45-21-15-11-16-22-45)73(9)58(81)29-25-48(75)37-66)55(78)32-42(5)62(84)70-61(41(3)4)56(79)35-47(33-44-19-13-10-14-20-44)64(86)68-49(36-60(83)88-39-46-23-17-12-18-24-46)65(87)71(7)43(6)63(85)69-50(38-74)53(76)26-28-57(67)80/h10-24,40-43,47,49-52,61,74H,25-39,66H2,1-9H3,(H2,67,80)(H,68,86)(H,69,85)(H,70,84)/t42-,43+,47-,49+,50+,51+,52+,61+/m1/s1. The van der Waals surface area contributed by atoms with Gasteiger partial charge in [0.25, 0.3) is 0 Å². The van der Waals surface area contributed by atoms with Crippen LogP contribution < -0.4 is 27.4 Å². The van der Waals surface area contributed by atoms with E-state index in [1.54, 1.807) is 68.4 Å². The molecule has 0 aliphatic rings. The second kappa shape index (κ2) is 37.8. The summed E-state index contributed by atoms with van der Waals surface area (Å²) < 4.78 is 0. The Balaban J connectivity index is 1.84. The molecule has 22 nitrogen and oxygen atoms in total. The summed E-state index contributed by atoms with van der Waals surface area (Å²) in [6, 6.07) is 19.3. The fraction of sp³-hybridized carbons (Fsp3) is 0.523. The van der Waals surface area contributed by atoms with Crippen molar-refractivity contribution in [2.45, 2.75) is 161 Å². The van der Waals surface area contributed by atoms with Crippen LogP contribution in [0.2, 0.25) is 0 Å². The lowest BCUT2D eigenvalue weighted by atomic mass is 9.87. The number of nitrogens with one attached hydrogen (secondary N) is 3. The van der Waals surface area contributed by atoms with Crippen molar-refractivity contribution in [3.8, 4) is 0 Å². The average Bonchev–Trinajstić information content (AvgIpc) is 3.72. The molecule has 0 bridgehead atoms. The molecule has 3 aromatic carbocycles. The number of Topliss-reactive ketones (excluding diaryl/α,β-unsaturated/α-hetero) is 5. The smallest absolute Gasteiger partial charge is 0.246 e. The summed E-state index contributed by atoms with van der Waals surface area (Å²) in [6.07, 6.45) is -2.44. The second-order valence-corrected chi connectivity index (χ2v) is 24.2. The fourth-order valence-electron chi connectivity index (χ4n) is 9.68. The van der Waals surface area contributed by atoms with Gasteiger partial charge in [0.05, 0.1) is 31.3 Å². The van der Waals surface area contributed by atoms with Gasteiger partial charge >= 0.3 is 0 Å². The molecule has 480 valence electrons. The zero-order valence-corrected chi connectivity index (χ0v) is 53.0. The van der Waals surface area contributed by atoms with Gasteiger partial charge in [0.2, 0.25) is 41.4 Å². The van der Waals surface area contributed by atoms with Crippen molar-refractivity contribution in [2.24, 2.45) is 35.1 Å². The SMILES string of the molecule is CC(C)C[C@@H](C(=O)C[C@@H](C)C(=O)N[C@H](C(=O)C[C@@H](Cc1ccccc1)C(=O)N[C@@H](CC(=O)SCc1ccccc1)C(=O)N(C)[C@@H](C)C(=O)N[C@@H](CO)C(=O)CCC(N)=O)C(C)C)N(C)C(=O)CCC(=O)[C@H](Cc1ccccc1)N(C)C(=O)CCC(=O)CN.